The minimum Gasteiger partial charge on any atom is -0.381 e. The molecule has 0 unspecified atom stereocenters. The van der Waals surface area contributed by atoms with Crippen LogP contribution in [0.2, 0.25) is 0 Å². The van der Waals surface area contributed by atoms with Crippen molar-refractivity contribution in [3.63, 3.8) is 0 Å². The lowest BCUT2D eigenvalue weighted by Crippen LogP contribution is -2.47. The van der Waals surface area contributed by atoms with Crippen LogP contribution < -0.4 is 16.2 Å². The molecule has 2 bridgehead atoms. The number of rotatable bonds is 8. The van der Waals surface area contributed by atoms with Crippen molar-refractivity contribution in [1.82, 2.24) is 14.8 Å². The lowest BCUT2D eigenvalue weighted by Gasteiger charge is -2.37. The minimum absolute atomic E-state index is 0.00979. The van der Waals surface area contributed by atoms with E-state index in [1.165, 1.54) is 25.1 Å². The largest absolute Gasteiger partial charge is 0.381 e. The second kappa shape index (κ2) is 9.98. The first-order valence-electron chi connectivity index (χ1n) is 12.9. The molecule has 2 aliphatic carbocycles. The number of aromatic nitrogens is 1. The fourth-order valence-corrected chi connectivity index (χ4v) is 6.17. The highest BCUT2D eigenvalue weighted by molar-refractivity contribution is 5.99. The maximum Gasteiger partial charge on any atom is 0.266 e. The van der Waals surface area contributed by atoms with Crippen LogP contribution in [0.1, 0.15) is 66.6 Å². The number of carbonyl (C=O) groups excluding carboxylic acids is 1. The van der Waals surface area contributed by atoms with Crippen molar-refractivity contribution in [2.24, 2.45) is 11.8 Å². The summed E-state index contributed by atoms with van der Waals surface area (Å²) in [7, 11) is 2.05. The smallest absolute Gasteiger partial charge is 0.266 e. The number of piperidine rings is 1. The zero-order valence-electron chi connectivity index (χ0n) is 21.2. The third kappa shape index (κ3) is 4.69. The van der Waals surface area contributed by atoms with Gasteiger partial charge in [0.05, 0.1) is 22.9 Å². The van der Waals surface area contributed by atoms with E-state index in [0.29, 0.717) is 11.8 Å². The summed E-state index contributed by atoms with van der Waals surface area (Å²) >= 11 is 0. The van der Waals surface area contributed by atoms with Gasteiger partial charge >= 0.3 is 0 Å². The van der Waals surface area contributed by atoms with Crippen LogP contribution in [-0.4, -0.2) is 48.0 Å². The number of pyridine rings is 1. The Morgan fingerprint density at radius 3 is 2.29 bits per heavy atom. The highest BCUT2D eigenvalue weighted by atomic mass is 19.3. The Kier molecular flexibility index (Phi) is 7.00. The molecule has 38 heavy (non-hydrogen) atoms. The van der Waals surface area contributed by atoms with Gasteiger partial charge in [-0.05, 0) is 51.5 Å². The van der Waals surface area contributed by atoms with Crippen LogP contribution in [0.5, 0.6) is 0 Å². The van der Waals surface area contributed by atoms with Gasteiger partial charge < -0.3 is 20.1 Å². The molecule has 1 aromatic heterocycles. The number of carbonyl (C=O) groups is 1. The lowest BCUT2D eigenvalue weighted by molar-refractivity contribution is 0.0648. The molecule has 4 atom stereocenters. The average molecular weight is 539 g/mol. The SMILES string of the molecule is C[C@@H](NC(=O)c1cn(C2(C(F)F)CC2)c(=O)cc1N[C@@H]1[C@@H]2CC[C@H]1CN(C)C2)c1cccc(C(F)F)c1F. The summed E-state index contributed by atoms with van der Waals surface area (Å²) < 4.78 is 69.8. The summed E-state index contributed by atoms with van der Waals surface area (Å²) in [6.45, 7) is 3.17. The van der Waals surface area contributed by atoms with E-state index in [9.17, 15) is 31.5 Å². The molecule has 206 valence electrons. The topological polar surface area (TPSA) is 66.4 Å². The number of hydrogen-bond donors (Lipinski definition) is 2. The molecule has 2 N–H and O–H groups in total. The van der Waals surface area contributed by atoms with Gasteiger partial charge in [0, 0.05) is 37.0 Å². The molecule has 6 nitrogen and oxygen atoms in total. The van der Waals surface area contributed by atoms with Gasteiger partial charge in [-0.15, -0.1) is 0 Å². The number of likely N-dealkylation sites (tertiary alicyclic amines) is 1. The van der Waals surface area contributed by atoms with Gasteiger partial charge in [-0.25, -0.2) is 22.0 Å². The highest BCUT2D eigenvalue weighted by Crippen LogP contribution is 2.48. The summed E-state index contributed by atoms with van der Waals surface area (Å²) in [5.74, 6) is -1.23. The summed E-state index contributed by atoms with van der Waals surface area (Å²) in [6.07, 6.45) is -2.43. The van der Waals surface area contributed by atoms with E-state index >= 15 is 0 Å². The fourth-order valence-electron chi connectivity index (χ4n) is 6.17. The summed E-state index contributed by atoms with van der Waals surface area (Å²) in [5, 5.41) is 5.98. The number of fused-ring (bicyclic) bond motifs is 2. The molecular formula is C27H31F5N4O2. The standard InChI is InChI=1S/C27H31F5N4O2/c1-14(17-4-3-5-18(22(17)28)24(29)30)33-25(38)19-13-36(27(8-9-27)26(31)32)21(37)10-20(19)34-23-15-6-7-16(23)12-35(2)11-15/h3-5,10,13-16,23-24,26,34H,6-9,11-12H2,1-2H3,(H,33,38)/t14-,15-,16+,23-/m1/s1. The quantitative estimate of drug-likeness (QED) is 0.469. The molecule has 1 aromatic carbocycles. The molecule has 2 aromatic rings. The molecular weight excluding hydrogens is 507 g/mol. The zero-order valence-corrected chi connectivity index (χ0v) is 21.2. The van der Waals surface area contributed by atoms with E-state index in [-0.39, 0.29) is 35.7 Å². The highest BCUT2D eigenvalue weighted by Gasteiger charge is 2.54. The monoisotopic (exact) mass is 538 g/mol. The minimum atomic E-state index is -3.02. The van der Waals surface area contributed by atoms with Gasteiger partial charge in [0.15, 0.2) is 0 Å². The predicted molar refractivity (Wildman–Crippen MR) is 132 cm³/mol. The van der Waals surface area contributed by atoms with E-state index < -0.39 is 47.3 Å². The van der Waals surface area contributed by atoms with Crippen LogP contribution in [0, 0.1) is 17.7 Å². The Morgan fingerprint density at radius 1 is 1.08 bits per heavy atom. The number of halogens is 5. The van der Waals surface area contributed by atoms with Crippen molar-refractivity contribution in [2.45, 2.75) is 63.1 Å². The maximum absolute atomic E-state index is 14.7. The van der Waals surface area contributed by atoms with Crippen LogP contribution in [0.15, 0.2) is 35.3 Å². The first-order chi connectivity index (χ1) is 18.0. The van der Waals surface area contributed by atoms with Gasteiger partial charge in [0.2, 0.25) is 0 Å². The molecule has 3 aliphatic rings. The zero-order chi connectivity index (χ0) is 27.4. The third-order valence-electron chi connectivity index (χ3n) is 8.39. The van der Waals surface area contributed by atoms with Gasteiger partial charge in [0.25, 0.3) is 24.3 Å². The van der Waals surface area contributed by atoms with Crippen molar-refractivity contribution in [1.29, 1.82) is 0 Å². The molecule has 0 spiro atoms. The maximum atomic E-state index is 14.7. The van der Waals surface area contributed by atoms with Gasteiger partial charge in [-0.1, -0.05) is 18.2 Å². The van der Waals surface area contributed by atoms with E-state index in [2.05, 4.69) is 15.5 Å². The molecule has 11 heteroatoms. The van der Waals surface area contributed by atoms with Crippen molar-refractivity contribution in [2.75, 3.05) is 25.5 Å². The van der Waals surface area contributed by atoms with Crippen molar-refractivity contribution in [3.8, 4) is 0 Å². The van der Waals surface area contributed by atoms with Crippen molar-refractivity contribution in [3.05, 3.63) is 63.3 Å². The fraction of sp³-hybridized carbons (Fsp3) is 0.556. The Hall–Kier alpha value is -2.95. The first-order valence-corrected chi connectivity index (χ1v) is 12.9. The van der Waals surface area contributed by atoms with E-state index in [4.69, 9.17) is 0 Å². The normalized spacial score (nSPS) is 25.0. The molecule has 5 rings (SSSR count). The predicted octanol–water partition coefficient (Wildman–Crippen LogP) is 4.92. The van der Waals surface area contributed by atoms with Crippen LogP contribution in [0.3, 0.4) is 0 Å². The Balaban J connectivity index is 1.49. The van der Waals surface area contributed by atoms with Crippen LogP contribution in [0.25, 0.3) is 0 Å². The number of hydrogen-bond acceptors (Lipinski definition) is 4. The van der Waals surface area contributed by atoms with Crippen LogP contribution in [0.4, 0.5) is 27.6 Å². The number of amides is 1. The second-order valence-electron chi connectivity index (χ2n) is 10.9. The first kappa shape index (κ1) is 26.6. The van der Waals surface area contributed by atoms with Crippen LogP contribution >= 0.6 is 0 Å². The number of alkyl halides is 4. The Labute approximate surface area is 217 Å². The van der Waals surface area contributed by atoms with Crippen LogP contribution in [-0.2, 0) is 5.54 Å². The number of nitrogens with one attached hydrogen (secondary N) is 2. The number of anilines is 1. The van der Waals surface area contributed by atoms with Gasteiger partial charge in [-0.3, -0.25) is 9.59 Å². The summed E-state index contributed by atoms with van der Waals surface area (Å²) in [5.41, 5.74) is -2.98. The molecule has 0 radical (unpaired) electrons. The Bertz CT molecular complexity index is 1260. The summed E-state index contributed by atoms with van der Waals surface area (Å²) in [4.78, 5) is 28.7. The molecule has 2 heterocycles. The van der Waals surface area contributed by atoms with Gasteiger partial charge in [0.1, 0.15) is 11.4 Å². The molecule has 3 fully saturated rings. The summed E-state index contributed by atoms with van der Waals surface area (Å²) in [6, 6.07) is 3.77. The third-order valence-corrected chi connectivity index (χ3v) is 8.39. The number of benzene rings is 1. The second-order valence-corrected chi connectivity index (χ2v) is 10.9. The van der Waals surface area contributed by atoms with Crippen molar-refractivity contribution < 1.29 is 26.7 Å². The molecule has 1 amide bonds. The van der Waals surface area contributed by atoms with E-state index in [1.54, 1.807) is 0 Å². The lowest BCUT2D eigenvalue weighted by atomic mass is 9.92. The van der Waals surface area contributed by atoms with E-state index in [1.807, 2.05) is 7.05 Å². The van der Waals surface area contributed by atoms with Crippen molar-refractivity contribution >= 4 is 11.6 Å². The Morgan fingerprint density at radius 2 is 1.71 bits per heavy atom. The molecule has 1 aliphatic heterocycles. The molecule has 1 saturated heterocycles. The molecule has 2 saturated carbocycles. The van der Waals surface area contributed by atoms with Gasteiger partial charge in [-0.2, -0.15) is 0 Å². The average Bonchev–Trinajstić information content (AvgIpc) is 3.62. The number of nitrogens with zero attached hydrogens (tertiary/aromatic N) is 2. The van der Waals surface area contributed by atoms with E-state index in [0.717, 1.165) is 42.8 Å².